The molecular formula is C18H34NO5Si+. The quantitative estimate of drug-likeness (QED) is 0.326. The smallest absolute Gasteiger partial charge is 0.385 e. The van der Waals surface area contributed by atoms with Crippen molar-refractivity contribution in [1.82, 2.24) is 0 Å². The summed E-state index contributed by atoms with van der Waals surface area (Å²) in [5.41, 5.74) is 1.26. The normalized spacial score (nSPS) is 13.8. The second-order valence-electron chi connectivity index (χ2n) is 6.89. The molecule has 0 spiro atoms. The molecule has 0 fully saturated rings. The topological polar surface area (TPSA) is 57.2 Å². The van der Waals surface area contributed by atoms with E-state index in [1.165, 1.54) is 5.56 Å². The molecule has 1 unspecified atom stereocenters. The van der Waals surface area contributed by atoms with E-state index in [4.69, 9.17) is 18.0 Å². The van der Waals surface area contributed by atoms with Gasteiger partial charge in [-0.3, -0.25) is 0 Å². The number of aliphatic hydroxyl groups is 1. The van der Waals surface area contributed by atoms with Crippen molar-refractivity contribution in [3.05, 3.63) is 35.9 Å². The Morgan fingerprint density at radius 2 is 1.64 bits per heavy atom. The van der Waals surface area contributed by atoms with Crippen LogP contribution in [0.1, 0.15) is 12.0 Å². The average Bonchev–Trinajstić information content (AvgIpc) is 2.58. The Kier molecular flexibility index (Phi) is 9.81. The first-order chi connectivity index (χ1) is 11.9. The fraction of sp³-hybridized carbons (Fsp3) is 0.667. The van der Waals surface area contributed by atoms with Gasteiger partial charge in [0.05, 0.1) is 20.7 Å². The minimum Gasteiger partial charge on any atom is -0.385 e. The largest absolute Gasteiger partial charge is 0.500 e. The van der Waals surface area contributed by atoms with Gasteiger partial charge in [0.1, 0.15) is 19.2 Å². The van der Waals surface area contributed by atoms with Crippen LogP contribution in [0.25, 0.3) is 0 Å². The van der Waals surface area contributed by atoms with Gasteiger partial charge in [-0.25, -0.2) is 0 Å². The van der Waals surface area contributed by atoms with Crippen LogP contribution in [0.2, 0.25) is 6.04 Å². The van der Waals surface area contributed by atoms with Gasteiger partial charge in [-0.2, -0.15) is 0 Å². The molecule has 6 nitrogen and oxygen atoms in total. The minimum absolute atomic E-state index is 0.331. The van der Waals surface area contributed by atoms with Gasteiger partial charge in [-0.05, 0) is 6.42 Å². The second-order valence-corrected chi connectivity index (χ2v) is 9.98. The Bertz CT molecular complexity index is 460. The van der Waals surface area contributed by atoms with Crippen LogP contribution >= 0.6 is 0 Å². The number of hydrogen-bond acceptors (Lipinski definition) is 5. The predicted molar refractivity (Wildman–Crippen MR) is 100 cm³/mol. The van der Waals surface area contributed by atoms with E-state index >= 15 is 0 Å². The summed E-state index contributed by atoms with van der Waals surface area (Å²) in [6, 6.07) is 11.0. The Morgan fingerprint density at radius 1 is 1.04 bits per heavy atom. The summed E-state index contributed by atoms with van der Waals surface area (Å²) in [6.07, 6.45) is 0.282. The summed E-state index contributed by atoms with van der Waals surface area (Å²) in [6.45, 7) is 2.40. The number of rotatable bonds is 13. The summed E-state index contributed by atoms with van der Waals surface area (Å²) in [5.74, 6) is 0. The van der Waals surface area contributed by atoms with Crippen LogP contribution in [-0.2, 0) is 24.6 Å². The number of nitrogens with zero attached hydrogens (tertiary/aromatic N) is 1. The van der Waals surface area contributed by atoms with Gasteiger partial charge in [0, 0.05) is 39.5 Å². The van der Waals surface area contributed by atoms with E-state index in [0.29, 0.717) is 30.3 Å². The Morgan fingerprint density at radius 3 is 2.20 bits per heavy atom. The van der Waals surface area contributed by atoms with Crippen molar-refractivity contribution in [2.24, 2.45) is 0 Å². The third kappa shape index (κ3) is 8.41. The lowest BCUT2D eigenvalue weighted by Crippen LogP contribution is -2.46. The fourth-order valence-electron chi connectivity index (χ4n) is 2.93. The van der Waals surface area contributed by atoms with E-state index in [1.54, 1.807) is 21.3 Å². The highest BCUT2D eigenvalue weighted by Gasteiger charge is 2.36. The number of ether oxygens (including phenoxy) is 1. The van der Waals surface area contributed by atoms with Crippen molar-refractivity contribution in [3.8, 4) is 0 Å². The van der Waals surface area contributed by atoms with E-state index in [1.807, 2.05) is 18.2 Å². The number of benzene rings is 1. The van der Waals surface area contributed by atoms with E-state index in [0.717, 1.165) is 13.0 Å². The molecule has 0 amide bonds. The van der Waals surface area contributed by atoms with Crippen LogP contribution in [0.3, 0.4) is 0 Å². The van der Waals surface area contributed by atoms with E-state index in [2.05, 4.69) is 26.2 Å². The Labute approximate surface area is 153 Å². The lowest BCUT2D eigenvalue weighted by Gasteiger charge is -2.32. The molecule has 0 aliphatic heterocycles. The Balaban J connectivity index is 2.27. The maximum Gasteiger partial charge on any atom is 0.500 e. The molecule has 144 valence electrons. The molecule has 1 aromatic carbocycles. The van der Waals surface area contributed by atoms with Crippen molar-refractivity contribution in [2.45, 2.75) is 25.1 Å². The summed E-state index contributed by atoms with van der Waals surface area (Å²) in [5, 5.41) is 10.3. The molecule has 0 aromatic heterocycles. The SMILES string of the molecule is CO[Si](CCCOCC(O)C[N+](C)(C)Cc1ccccc1)(OC)OC. The monoisotopic (exact) mass is 372 g/mol. The molecule has 0 aliphatic rings. The van der Waals surface area contributed by atoms with Gasteiger partial charge in [-0.1, -0.05) is 30.3 Å². The van der Waals surface area contributed by atoms with Crippen molar-refractivity contribution in [1.29, 1.82) is 0 Å². The van der Waals surface area contributed by atoms with Gasteiger partial charge in [0.2, 0.25) is 0 Å². The zero-order valence-corrected chi connectivity index (χ0v) is 17.2. The van der Waals surface area contributed by atoms with Gasteiger partial charge >= 0.3 is 8.80 Å². The van der Waals surface area contributed by atoms with E-state index in [9.17, 15) is 5.11 Å². The Hall–Kier alpha value is -0.803. The fourth-order valence-corrected chi connectivity index (χ4v) is 4.62. The first-order valence-electron chi connectivity index (χ1n) is 8.63. The number of aliphatic hydroxyl groups excluding tert-OH is 1. The van der Waals surface area contributed by atoms with Crippen LogP contribution < -0.4 is 0 Å². The molecule has 0 radical (unpaired) electrons. The molecule has 0 saturated heterocycles. The summed E-state index contributed by atoms with van der Waals surface area (Å²) in [7, 11) is 6.54. The molecule has 25 heavy (non-hydrogen) atoms. The molecule has 0 saturated carbocycles. The minimum atomic E-state index is -2.52. The van der Waals surface area contributed by atoms with Gasteiger partial charge < -0.3 is 27.6 Å². The number of quaternary nitrogens is 1. The van der Waals surface area contributed by atoms with Crippen molar-refractivity contribution >= 4 is 8.80 Å². The molecule has 1 aromatic rings. The lowest BCUT2D eigenvalue weighted by molar-refractivity contribution is -0.906. The standard InChI is InChI=1S/C18H34NO5Si/c1-19(2,14-17-10-7-6-8-11-17)15-18(20)16-24-12-9-13-25(21-3,22-4)23-5/h6-8,10-11,18,20H,9,12-16H2,1-5H3/q+1. The molecule has 0 bridgehead atoms. The molecular weight excluding hydrogens is 338 g/mol. The highest BCUT2D eigenvalue weighted by atomic mass is 28.4. The van der Waals surface area contributed by atoms with Gasteiger partial charge in [0.25, 0.3) is 0 Å². The molecule has 1 atom stereocenters. The van der Waals surface area contributed by atoms with Gasteiger partial charge in [0.15, 0.2) is 0 Å². The second kappa shape index (κ2) is 11.0. The molecule has 7 heteroatoms. The van der Waals surface area contributed by atoms with Gasteiger partial charge in [-0.15, -0.1) is 0 Å². The zero-order valence-electron chi connectivity index (χ0n) is 16.2. The van der Waals surface area contributed by atoms with Crippen LogP contribution in [0, 0.1) is 0 Å². The first kappa shape index (κ1) is 22.2. The predicted octanol–water partition coefficient (Wildman–Crippen LogP) is 1.91. The van der Waals surface area contributed by atoms with Crippen molar-refractivity contribution in [2.75, 3.05) is 55.2 Å². The summed E-state index contributed by atoms with van der Waals surface area (Å²) >= 11 is 0. The van der Waals surface area contributed by atoms with Crippen LogP contribution in [0.15, 0.2) is 30.3 Å². The third-order valence-corrected chi connectivity index (χ3v) is 7.01. The van der Waals surface area contributed by atoms with Crippen molar-refractivity contribution < 1.29 is 27.6 Å². The van der Waals surface area contributed by atoms with E-state index in [-0.39, 0.29) is 0 Å². The van der Waals surface area contributed by atoms with Crippen LogP contribution in [-0.4, -0.2) is 79.7 Å². The zero-order chi connectivity index (χ0) is 18.8. The number of hydrogen-bond donors (Lipinski definition) is 1. The van der Waals surface area contributed by atoms with E-state index < -0.39 is 14.9 Å². The highest BCUT2D eigenvalue weighted by Crippen LogP contribution is 2.15. The third-order valence-electron chi connectivity index (χ3n) is 4.17. The van der Waals surface area contributed by atoms with Crippen LogP contribution in [0.4, 0.5) is 0 Å². The average molecular weight is 373 g/mol. The molecule has 1 N–H and O–H groups in total. The molecule has 0 aliphatic carbocycles. The van der Waals surface area contributed by atoms with Crippen LogP contribution in [0.5, 0.6) is 0 Å². The van der Waals surface area contributed by atoms with Crippen molar-refractivity contribution in [3.63, 3.8) is 0 Å². The maximum atomic E-state index is 10.3. The summed E-state index contributed by atoms with van der Waals surface area (Å²) in [4.78, 5) is 0. The highest BCUT2D eigenvalue weighted by molar-refractivity contribution is 6.60. The first-order valence-corrected chi connectivity index (χ1v) is 10.6. The summed E-state index contributed by atoms with van der Waals surface area (Å²) < 4.78 is 22.4. The number of likely N-dealkylation sites (N-methyl/N-ethyl adjacent to an activating group) is 1. The molecule has 1 rings (SSSR count). The lowest BCUT2D eigenvalue weighted by atomic mass is 10.2. The maximum absolute atomic E-state index is 10.3. The molecule has 0 heterocycles.